The first kappa shape index (κ1) is 20.2. The molecule has 0 saturated heterocycles. The van der Waals surface area contributed by atoms with Crippen LogP contribution in [-0.4, -0.2) is 38.7 Å². The summed E-state index contributed by atoms with van der Waals surface area (Å²) in [5.41, 5.74) is 1.06. The zero-order valence-electron chi connectivity index (χ0n) is 15.5. The van der Waals surface area contributed by atoms with Gasteiger partial charge < -0.3 is 19.5 Å². The molecular weight excluding hydrogens is 353 g/mol. The number of esters is 1. The maximum absolute atomic E-state index is 12.9. The summed E-state index contributed by atoms with van der Waals surface area (Å²) in [6, 6.07) is 10.8. The number of carbonyl (C=O) groups is 2. The van der Waals surface area contributed by atoms with Crippen molar-refractivity contribution in [2.24, 2.45) is 0 Å². The van der Waals surface area contributed by atoms with E-state index in [4.69, 9.17) is 14.2 Å². The van der Waals surface area contributed by atoms with E-state index in [2.05, 4.69) is 5.32 Å². The molecule has 1 amide bonds. The van der Waals surface area contributed by atoms with Crippen LogP contribution in [0.5, 0.6) is 11.5 Å². The largest absolute Gasteiger partial charge is 0.493 e. The highest BCUT2D eigenvalue weighted by atomic mass is 19.1. The Labute approximate surface area is 157 Å². The van der Waals surface area contributed by atoms with Gasteiger partial charge in [0.1, 0.15) is 11.4 Å². The van der Waals surface area contributed by atoms with E-state index in [-0.39, 0.29) is 17.1 Å². The maximum atomic E-state index is 12.9. The molecule has 0 radical (unpaired) electrons. The monoisotopic (exact) mass is 375 g/mol. The van der Waals surface area contributed by atoms with Crippen molar-refractivity contribution >= 4 is 11.9 Å². The summed E-state index contributed by atoms with van der Waals surface area (Å²) in [6.45, 7) is 1.83. The number of hydrogen-bond acceptors (Lipinski definition) is 5. The maximum Gasteiger partial charge on any atom is 0.342 e. The van der Waals surface area contributed by atoms with E-state index >= 15 is 0 Å². The molecule has 0 heterocycles. The van der Waals surface area contributed by atoms with E-state index in [1.807, 2.05) is 0 Å². The summed E-state index contributed by atoms with van der Waals surface area (Å²) in [5, 5.41) is 2.69. The Balaban J connectivity index is 1.90. The molecule has 2 aromatic rings. The van der Waals surface area contributed by atoms with Gasteiger partial charge in [-0.3, -0.25) is 4.79 Å². The Kier molecular flexibility index (Phi) is 7.16. The highest BCUT2D eigenvalue weighted by Crippen LogP contribution is 2.31. The van der Waals surface area contributed by atoms with Gasteiger partial charge in [-0.15, -0.1) is 0 Å². The first-order chi connectivity index (χ1) is 13.0. The molecule has 0 aromatic heterocycles. The molecule has 27 heavy (non-hydrogen) atoms. The molecule has 0 aliphatic carbocycles. The fourth-order valence-corrected chi connectivity index (χ4v) is 2.45. The number of amides is 1. The predicted molar refractivity (Wildman–Crippen MR) is 97.5 cm³/mol. The number of para-hydroxylation sites is 1. The highest BCUT2D eigenvalue weighted by molar-refractivity contribution is 5.95. The van der Waals surface area contributed by atoms with Crippen molar-refractivity contribution in [3.63, 3.8) is 0 Å². The Morgan fingerprint density at radius 3 is 2.41 bits per heavy atom. The Bertz CT molecular complexity index is 791. The number of hydrogen-bond donors (Lipinski definition) is 1. The Hall–Kier alpha value is -3.09. The lowest BCUT2D eigenvalue weighted by Crippen LogP contribution is -2.37. The van der Waals surface area contributed by atoms with Crippen LogP contribution < -0.4 is 14.8 Å². The molecule has 1 N–H and O–H groups in total. The second kappa shape index (κ2) is 9.56. The minimum absolute atomic E-state index is 0.169. The molecule has 7 heteroatoms. The molecule has 2 aromatic carbocycles. The van der Waals surface area contributed by atoms with Crippen LogP contribution in [0.1, 0.15) is 22.8 Å². The molecular formula is C20H22FNO5. The fraction of sp³-hybridized carbons (Fsp3) is 0.300. The number of ether oxygens (including phenoxy) is 3. The summed E-state index contributed by atoms with van der Waals surface area (Å²) in [5.74, 6) is -0.784. The van der Waals surface area contributed by atoms with E-state index in [1.54, 1.807) is 24.3 Å². The summed E-state index contributed by atoms with van der Waals surface area (Å²) >= 11 is 0. The van der Waals surface area contributed by atoms with E-state index in [1.165, 1.54) is 39.3 Å². The van der Waals surface area contributed by atoms with Crippen molar-refractivity contribution in [3.8, 4) is 11.5 Å². The Morgan fingerprint density at radius 2 is 1.78 bits per heavy atom. The molecule has 0 bridgehead atoms. The van der Waals surface area contributed by atoms with Gasteiger partial charge in [0.2, 0.25) is 0 Å². The average molecular weight is 375 g/mol. The molecule has 0 spiro atoms. The van der Waals surface area contributed by atoms with Gasteiger partial charge in [-0.25, -0.2) is 9.18 Å². The van der Waals surface area contributed by atoms with Crippen molar-refractivity contribution in [1.82, 2.24) is 5.32 Å². The first-order valence-corrected chi connectivity index (χ1v) is 8.40. The molecule has 0 saturated carbocycles. The SMILES string of the molecule is COc1cccc(C(=O)OC(C)C(=O)NCCc2ccc(F)cc2)c1OC. The summed E-state index contributed by atoms with van der Waals surface area (Å²) in [4.78, 5) is 24.5. The number of rotatable bonds is 8. The lowest BCUT2D eigenvalue weighted by molar-refractivity contribution is -0.129. The molecule has 1 atom stereocenters. The number of nitrogens with one attached hydrogen (secondary N) is 1. The van der Waals surface area contributed by atoms with E-state index < -0.39 is 18.0 Å². The van der Waals surface area contributed by atoms with Crippen molar-refractivity contribution in [2.75, 3.05) is 20.8 Å². The summed E-state index contributed by atoms with van der Waals surface area (Å²) in [7, 11) is 2.88. The van der Waals surface area contributed by atoms with Crippen LogP contribution in [0.4, 0.5) is 4.39 Å². The van der Waals surface area contributed by atoms with Gasteiger partial charge in [-0.2, -0.15) is 0 Å². The topological polar surface area (TPSA) is 73.9 Å². The molecule has 0 fully saturated rings. The van der Waals surface area contributed by atoms with Crippen LogP contribution in [0, 0.1) is 5.82 Å². The van der Waals surface area contributed by atoms with Crippen LogP contribution in [0.2, 0.25) is 0 Å². The summed E-state index contributed by atoms with van der Waals surface area (Å²) < 4.78 is 28.4. The first-order valence-electron chi connectivity index (χ1n) is 8.40. The van der Waals surface area contributed by atoms with Crippen LogP contribution in [0.15, 0.2) is 42.5 Å². The van der Waals surface area contributed by atoms with Gasteiger partial charge >= 0.3 is 5.97 Å². The lowest BCUT2D eigenvalue weighted by atomic mass is 10.1. The van der Waals surface area contributed by atoms with Gasteiger partial charge in [0.25, 0.3) is 5.91 Å². The molecule has 0 aliphatic rings. The minimum atomic E-state index is -0.985. The molecule has 144 valence electrons. The van der Waals surface area contributed by atoms with Crippen LogP contribution >= 0.6 is 0 Å². The van der Waals surface area contributed by atoms with Crippen LogP contribution in [0.3, 0.4) is 0 Å². The molecule has 2 rings (SSSR count). The van der Waals surface area contributed by atoms with Crippen LogP contribution in [0.25, 0.3) is 0 Å². The quantitative estimate of drug-likeness (QED) is 0.718. The highest BCUT2D eigenvalue weighted by Gasteiger charge is 2.22. The average Bonchev–Trinajstić information content (AvgIpc) is 2.68. The third-order valence-electron chi connectivity index (χ3n) is 3.90. The van der Waals surface area contributed by atoms with Gasteiger partial charge in [0.15, 0.2) is 17.6 Å². The van der Waals surface area contributed by atoms with Crippen molar-refractivity contribution < 1.29 is 28.2 Å². The second-order valence-electron chi connectivity index (χ2n) is 5.76. The van der Waals surface area contributed by atoms with Gasteiger partial charge in [0, 0.05) is 6.54 Å². The predicted octanol–water partition coefficient (Wildman–Crippen LogP) is 2.75. The van der Waals surface area contributed by atoms with E-state index in [0.717, 1.165) is 5.56 Å². The fourth-order valence-electron chi connectivity index (χ4n) is 2.45. The zero-order chi connectivity index (χ0) is 19.8. The van der Waals surface area contributed by atoms with Gasteiger partial charge in [0.05, 0.1) is 14.2 Å². The standard InChI is InChI=1S/C20H22FNO5/c1-13(19(23)22-12-11-14-7-9-15(21)10-8-14)27-20(24)16-5-4-6-17(25-2)18(16)26-3/h4-10,13H,11-12H2,1-3H3,(H,22,23). The minimum Gasteiger partial charge on any atom is -0.493 e. The second-order valence-corrected chi connectivity index (χ2v) is 5.76. The third-order valence-corrected chi connectivity index (χ3v) is 3.90. The lowest BCUT2D eigenvalue weighted by Gasteiger charge is -2.16. The van der Waals surface area contributed by atoms with Crippen molar-refractivity contribution in [3.05, 3.63) is 59.4 Å². The van der Waals surface area contributed by atoms with Crippen molar-refractivity contribution in [1.29, 1.82) is 0 Å². The van der Waals surface area contributed by atoms with Crippen LogP contribution in [-0.2, 0) is 16.0 Å². The van der Waals surface area contributed by atoms with Gasteiger partial charge in [-0.1, -0.05) is 18.2 Å². The zero-order valence-corrected chi connectivity index (χ0v) is 15.5. The van der Waals surface area contributed by atoms with Crippen molar-refractivity contribution in [2.45, 2.75) is 19.4 Å². The normalized spacial score (nSPS) is 11.4. The number of benzene rings is 2. The number of halogens is 1. The van der Waals surface area contributed by atoms with E-state index in [9.17, 15) is 14.0 Å². The molecule has 1 unspecified atom stereocenters. The Morgan fingerprint density at radius 1 is 1.07 bits per heavy atom. The van der Waals surface area contributed by atoms with Gasteiger partial charge in [-0.05, 0) is 43.2 Å². The summed E-state index contributed by atoms with van der Waals surface area (Å²) in [6.07, 6.45) is -0.447. The van der Waals surface area contributed by atoms with E-state index in [0.29, 0.717) is 18.7 Å². The number of methoxy groups -OCH3 is 2. The third kappa shape index (κ3) is 5.44. The smallest absolute Gasteiger partial charge is 0.342 e. The molecule has 6 nitrogen and oxygen atoms in total. The molecule has 0 aliphatic heterocycles. The number of carbonyl (C=O) groups excluding carboxylic acids is 2.